The molecule has 7 heteroatoms. The Hall–Kier alpha value is -1.21. The minimum absolute atomic E-state index is 0.0435. The second-order valence-electron chi connectivity index (χ2n) is 5.49. The van der Waals surface area contributed by atoms with Gasteiger partial charge in [-0.2, -0.15) is 0 Å². The third-order valence-corrected chi connectivity index (χ3v) is 5.07. The highest BCUT2D eigenvalue weighted by molar-refractivity contribution is 9.10. The topological polar surface area (TPSA) is 58.4 Å². The maximum Gasteiger partial charge on any atom is 0.293 e. The van der Waals surface area contributed by atoms with Crippen LogP contribution < -0.4 is 10.2 Å². The molecule has 1 aromatic carbocycles. The number of halogens is 2. The highest BCUT2D eigenvalue weighted by Crippen LogP contribution is 2.41. The van der Waals surface area contributed by atoms with Crippen molar-refractivity contribution in [3.05, 3.63) is 32.5 Å². The monoisotopic (exact) mass is 343 g/mol. The number of nitrogens with one attached hydrogen (secondary N) is 1. The second-order valence-corrected chi connectivity index (χ2v) is 6.34. The molecule has 2 aliphatic rings. The van der Waals surface area contributed by atoms with Crippen molar-refractivity contribution in [3.63, 3.8) is 0 Å². The summed E-state index contributed by atoms with van der Waals surface area (Å²) in [5.41, 5.74) is 0.343. The molecule has 2 saturated heterocycles. The van der Waals surface area contributed by atoms with Gasteiger partial charge in [-0.3, -0.25) is 10.1 Å². The third-order valence-electron chi connectivity index (χ3n) is 4.46. The predicted octanol–water partition coefficient (Wildman–Crippen LogP) is 2.54. The Balaban J connectivity index is 2.02. The first-order valence-electron chi connectivity index (χ1n) is 6.60. The molecule has 3 rings (SSSR count). The average molecular weight is 344 g/mol. The van der Waals surface area contributed by atoms with Gasteiger partial charge < -0.3 is 10.2 Å². The smallest absolute Gasteiger partial charge is 0.293 e. The quantitative estimate of drug-likeness (QED) is 0.662. The number of nitro groups is 1. The molecular weight excluding hydrogens is 329 g/mol. The molecule has 0 aromatic heterocycles. The number of fused-ring (bicyclic) bond motifs is 1. The lowest BCUT2D eigenvalue weighted by Gasteiger charge is -2.26. The van der Waals surface area contributed by atoms with Crippen LogP contribution in [-0.2, 0) is 0 Å². The van der Waals surface area contributed by atoms with Crippen LogP contribution in [0.4, 0.5) is 15.8 Å². The molecule has 2 fully saturated rings. The number of rotatable bonds is 2. The van der Waals surface area contributed by atoms with E-state index in [0.717, 1.165) is 19.6 Å². The summed E-state index contributed by atoms with van der Waals surface area (Å²) in [5, 5.41) is 14.6. The van der Waals surface area contributed by atoms with Crippen LogP contribution >= 0.6 is 15.9 Å². The molecule has 0 amide bonds. The number of hydrogen-bond acceptors (Lipinski definition) is 4. The van der Waals surface area contributed by atoms with Crippen LogP contribution in [0.3, 0.4) is 0 Å². The van der Waals surface area contributed by atoms with Crippen LogP contribution in [0.5, 0.6) is 0 Å². The van der Waals surface area contributed by atoms with Gasteiger partial charge in [-0.25, -0.2) is 4.39 Å². The van der Waals surface area contributed by atoms with Gasteiger partial charge in [-0.1, -0.05) is 0 Å². The van der Waals surface area contributed by atoms with Crippen LogP contribution in [0.1, 0.15) is 6.92 Å². The summed E-state index contributed by atoms with van der Waals surface area (Å²) in [5.74, 6) is 0.491. The molecule has 0 bridgehead atoms. The van der Waals surface area contributed by atoms with Gasteiger partial charge in [0.2, 0.25) is 0 Å². The second kappa shape index (κ2) is 4.96. The van der Waals surface area contributed by atoms with E-state index < -0.39 is 10.7 Å². The molecule has 1 aromatic rings. The highest BCUT2D eigenvalue weighted by Gasteiger charge is 2.43. The lowest BCUT2D eigenvalue weighted by atomic mass is 9.95. The van der Waals surface area contributed by atoms with E-state index in [4.69, 9.17) is 0 Å². The van der Waals surface area contributed by atoms with Crippen LogP contribution in [0.2, 0.25) is 0 Å². The molecule has 0 radical (unpaired) electrons. The molecule has 0 aliphatic carbocycles. The predicted molar refractivity (Wildman–Crippen MR) is 77.4 cm³/mol. The molecule has 20 heavy (non-hydrogen) atoms. The summed E-state index contributed by atoms with van der Waals surface area (Å²) in [7, 11) is 0. The van der Waals surface area contributed by atoms with Gasteiger partial charge in [0.05, 0.1) is 9.40 Å². The van der Waals surface area contributed by atoms with Crippen LogP contribution in [0.15, 0.2) is 16.6 Å². The normalized spacial score (nSPS) is 28.8. The Labute approximate surface area is 124 Å². The van der Waals surface area contributed by atoms with Gasteiger partial charge in [0.1, 0.15) is 11.5 Å². The van der Waals surface area contributed by atoms with Crippen molar-refractivity contribution in [1.82, 2.24) is 5.32 Å². The van der Waals surface area contributed by atoms with Gasteiger partial charge in [0.15, 0.2) is 0 Å². The molecular formula is C13H15BrFN3O2. The Morgan fingerprint density at radius 1 is 1.50 bits per heavy atom. The van der Waals surface area contributed by atoms with Crippen molar-refractivity contribution >= 4 is 27.3 Å². The third kappa shape index (κ3) is 2.09. The maximum absolute atomic E-state index is 13.8. The van der Waals surface area contributed by atoms with Crippen molar-refractivity contribution in [2.24, 2.45) is 11.8 Å². The van der Waals surface area contributed by atoms with Crippen LogP contribution in [0.25, 0.3) is 0 Å². The van der Waals surface area contributed by atoms with Gasteiger partial charge in [0, 0.05) is 37.8 Å². The SMILES string of the molecule is CC1C2CNCC2CN1c1cc(F)c(Br)cc1[N+](=O)[O-]. The summed E-state index contributed by atoms with van der Waals surface area (Å²) in [4.78, 5) is 12.7. The van der Waals surface area contributed by atoms with E-state index in [0.29, 0.717) is 17.5 Å². The Morgan fingerprint density at radius 2 is 2.25 bits per heavy atom. The van der Waals surface area contributed by atoms with E-state index in [1.54, 1.807) is 0 Å². The van der Waals surface area contributed by atoms with E-state index >= 15 is 0 Å². The minimum atomic E-state index is -0.465. The van der Waals surface area contributed by atoms with Gasteiger partial charge in [-0.15, -0.1) is 0 Å². The zero-order valence-corrected chi connectivity index (χ0v) is 12.6. The van der Waals surface area contributed by atoms with Gasteiger partial charge >= 0.3 is 0 Å². The van der Waals surface area contributed by atoms with Crippen molar-refractivity contribution in [2.45, 2.75) is 13.0 Å². The molecule has 2 heterocycles. The molecule has 0 saturated carbocycles. The first-order valence-corrected chi connectivity index (χ1v) is 7.39. The summed E-state index contributed by atoms with van der Waals surface area (Å²) >= 11 is 3.01. The zero-order chi connectivity index (χ0) is 14.4. The van der Waals surface area contributed by atoms with E-state index in [2.05, 4.69) is 28.2 Å². The van der Waals surface area contributed by atoms with Crippen molar-refractivity contribution in [2.75, 3.05) is 24.5 Å². The summed E-state index contributed by atoms with van der Waals surface area (Å²) in [6, 6.07) is 2.70. The molecule has 3 atom stereocenters. The lowest BCUT2D eigenvalue weighted by Crippen LogP contribution is -2.33. The molecule has 1 N–H and O–H groups in total. The standard InChI is InChI=1S/C13H15BrFN3O2/c1-7-9-5-16-4-8(9)6-17(7)12-3-11(15)10(14)2-13(12)18(19)20/h2-3,7-9,16H,4-6H2,1H3. The first kappa shape index (κ1) is 13.8. The summed E-state index contributed by atoms with van der Waals surface area (Å²) in [6.07, 6.45) is 0. The van der Waals surface area contributed by atoms with E-state index in [-0.39, 0.29) is 16.2 Å². The van der Waals surface area contributed by atoms with Crippen molar-refractivity contribution < 1.29 is 9.31 Å². The largest absolute Gasteiger partial charge is 0.363 e. The Kier molecular flexibility index (Phi) is 3.41. The number of hydrogen-bond donors (Lipinski definition) is 1. The van der Waals surface area contributed by atoms with Gasteiger partial charge in [0.25, 0.3) is 5.69 Å². The molecule has 3 unspecified atom stereocenters. The summed E-state index contributed by atoms with van der Waals surface area (Å²) < 4.78 is 13.9. The highest BCUT2D eigenvalue weighted by atomic mass is 79.9. The van der Waals surface area contributed by atoms with Crippen molar-refractivity contribution in [3.8, 4) is 0 Å². The molecule has 108 valence electrons. The zero-order valence-electron chi connectivity index (χ0n) is 11.0. The number of anilines is 1. The Bertz CT molecular complexity index is 569. The fraction of sp³-hybridized carbons (Fsp3) is 0.538. The van der Waals surface area contributed by atoms with Crippen LogP contribution in [0, 0.1) is 27.8 Å². The molecule has 5 nitrogen and oxygen atoms in total. The van der Waals surface area contributed by atoms with E-state index in [9.17, 15) is 14.5 Å². The fourth-order valence-electron chi connectivity index (χ4n) is 3.39. The van der Waals surface area contributed by atoms with E-state index in [1.807, 2.05) is 4.90 Å². The van der Waals surface area contributed by atoms with E-state index in [1.165, 1.54) is 12.1 Å². The summed E-state index contributed by atoms with van der Waals surface area (Å²) in [6.45, 7) is 4.65. The number of nitrogens with zero attached hydrogens (tertiary/aromatic N) is 2. The van der Waals surface area contributed by atoms with Crippen LogP contribution in [-0.4, -0.2) is 30.6 Å². The molecule has 2 aliphatic heterocycles. The van der Waals surface area contributed by atoms with Gasteiger partial charge in [-0.05, 0) is 34.7 Å². The number of benzene rings is 1. The maximum atomic E-state index is 13.8. The first-order chi connectivity index (χ1) is 9.49. The fourth-order valence-corrected chi connectivity index (χ4v) is 3.72. The molecule has 0 spiro atoms. The lowest BCUT2D eigenvalue weighted by molar-refractivity contribution is -0.384. The number of nitro benzene ring substituents is 1. The minimum Gasteiger partial charge on any atom is -0.363 e. The Morgan fingerprint density at radius 3 is 2.90 bits per heavy atom. The van der Waals surface area contributed by atoms with Crippen molar-refractivity contribution in [1.29, 1.82) is 0 Å². The average Bonchev–Trinajstić information content (AvgIpc) is 2.96.